The zero-order valence-electron chi connectivity index (χ0n) is 18.9. The third-order valence-corrected chi connectivity index (χ3v) is 5.53. The van der Waals surface area contributed by atoms with Crippen molar-refractivity contribution in [3.05, 3.63) is 65.0 Å². The molecule has 11 heteroatoms. The average Bonchev–Trinajstić information content (AvgIpc) is 3.42. The second-order valence-corrected chi connectivity index (χ2v) is 7.91. The van der Waals surface area contributed by atoms with Gasteiger partial charge in [0.05, 0.1) is 23.2 Å². The van der Waals surface area contributed by atoms with E-state index in [-0.39, 0.29) is 24.1 Å². The van der Waals surface area contributed by atoms with Gasteiger partial charge in [0.1, 0.15) is 0 Å². The Morgan fingerprint density at radius 3 is 2.63 bits per heavy atom. The molecule has 0 unspecified atom stereocenters. The second-order valence-electron chi connectivity index (χ2n) is 7.91. The van der Waals surface area contributed by atoms with Gasteiger partial charge in [-0.1, -0.05) is 6.07 Å². The van der Waals surface area contributed by atoms with E-state index in [4.69, 9.17) is 4.74 Å². The molecule has 2 N–H and O–H groups in total. The Morgan fingerprint density at radius 2 is 1.89 bits per heavy atom. The number of aryl methyl sites for hydroxylation is 1. The lowest BCUT2D eigenvalue weighted by Crippen LogP contribution is -2.25. The Hall–Kier alpha value is -4.41. The summed E-state index contributed by atoms with van der Waals surface area (Å²) in [5.74, 6) is -0.985. The fourth-order valence-electron chi connectivity index (χ4n) is 4.05. The smallest absolute Gasteiger partial charge is 0.462 e. The van der Waals surface area contributed by atoms with Crippen molar-refractivity contribution in [1.82, 2.24) is 14.5 Å². The Labute approximate surface area is 197 Å². The quantitative estimate of drug-likeness (QED) is 0.399. The predicted molar refractivity (Wildman–Crippen MR) is 121 cm³/mol. The van der Waals surface area contributed by atoms with Crippen molar-refractivity contribution >= 4 is 28.9 Å². The molecule has 2 aromatic heterocycles. The molecule has 1 aliphatic heterocycles. The summed E-state index contributed by atoms with van der Waals surface area (Å²) in [5.41, 5.74) is 3.71. The minimum Gasteiger partial charge on any atom is -0.462 e. The Kier molecular flexibility index (Phi) is 5.19. The highest BCUT2D eigenvalue weighted by molar-refractivity contribution is 6.04. The van der Waals surface area contributed by atoms with Crippen LogP contribution in [-0.4, -0.2) is 39.3 Å². The van der Waals surface area contributed by atoms with Gasteiger partial charge in [-0.25, -0.2) is 9.78 Å². The number of hydrogen-bond donors (Lipinski definition) is 2. The second kappa shape index (κ2) is 8.12. The van der Waals surface area contributed by atoms with Gasteiger partial charge >= 0.3 is 12.3 Å². The van der Waals surface area contributed by atoms with Crippen molar-refractivity contribution in [1.29, 1.82) is 0 Å². The Bertz CT molecular complexity index is 1450. The molecule has 0 atom stereocenters. The molecule has 4 aromatic rings. The van der Waals surface area contributed by atoms with Gasteiger partial charge in [-0.3, -0.25) is 10.1 Å². The number of imidazole rings is 1. The lowest BCUT2D eigenvalue weighted by molar-refractivity contribution is -0.286. The van der Waals surface area contributed by atoms with Crippen LogP contribution < -0.4 is 14.8 Å². The molecule has 9 nitrogen and oxygen atoms in total. The lowest BCUT2D eigenvalue weighted by atomic mass is 10.2. The maximum Gasteiger partial charge on any atom is 0.586 e. The van der Waals surface area contributed by atoms with Crippen LogP contribution in [-0.2, 0) is 4.74 Å². The number of carbonyl (C=O) groups excluding carboxylic acids is 2. The standard InChI is InChI=1S/C24H20F2N4O5/c1-4-33-22(32)16-8-12(2)30(13(16)3)15-7-5-6-14(9-15)21(31)29-23-27-17-10-19-20(11-18(17)28-23)35-24(25,26)34-19/h5-11H,4H2,1-3H3,(H2,27,28,29,31). The van der Waals surface area contributed by atoms with Crippen molar-refractivity contribution in [3.8, 4) is 17.2 Å². The number of carbonyl (C=O) groups is 2. The number of aromatic amines is 1. The number of halogens is 2. The van der Waals surface area contributed by atoms with Gasteiger partial charge in [-0.05, 0) is 45.0 Å². The van der Waals surface area contributed by atoms with E-state index in [1.165, 1.54) is 12.1 Å². The average molecular weight is 482 g/mol. The molecule has 0 spiro atoms. The SMILES string of the molecule is CCOC(=O)c1cc(C)n(-c2cccc(C(=O)Nc3nc4cc5c(cc4[nH]3)OC(F)(F)O5)c2)c1C. The van der Waals surface area contributed by atoms with E-state index in [9.17, 15) is 18.4 Å². The molecule has 0 fully saturated rings. The molecule has 1 amide bonds. The molecular formula is C24H20F2N4O5. The third-order valence-electron chi connectivity index (χ3n) is 5.53. The molecule has 0 saturated carbocycles. The van der Waals surface area contributed by atoms with Crippen LogP contribution in [0, 0.1) is 13.8 Å². The zero-order chi connectivity index (χ0) is 24.9. The highest BCUT2D eigenvalue weighted by Gasteiger charge is 2.43. The first-order valence-electron chi connectivity index (χ1n) is 10.7. The van der Waals surface area contributed by atoms with Crippen molar-refractivity contribution < 1.29 is 32.6 Å². The minimum absolute atomic E-state index is 0.128. The summed E-state index contributed by atoms with van der Waals surface area (Å²) < 4.78 is 42.4. The van der Waals surface area contributed by atoms with Crippen molar-refractivity contribution in [2.45, 2.75) is 27.1 Å². The van der Waals surface area contributed by atoms with Crippen LogP contribution in [0.1, 0.15) is 39.0 Å². The van der Waals surface area contributed by atoms with Crippen molar-refractivity contribution in [3.63, 3.8) is 0 Å². The number of rotatable bonds is 5. The molecule has 0 bridgehead atoms. The highest BCUT2D eigenvalue weighted by Crippen LogP contribution is 2.42. The molecule has 3 heterocycles. The van der Waals surface area contributed by atoms with Crippen molar-refractivity contribution in [2.24, 2.45) is 0 Å². The molecule has 0 radical (unpaired) electrons. The van der Waals surface area contributed by atoms with E-state index in [0.717, 1.165) is 5.69 Å². The number of esters is 1. The summed E-state index contributed by atoms with van der Waals surface area (Å²) in [4.78, 5) is 32.3. The number of H-pyrrole nitrogens is 1. The van der Waals surface area contributed by atoms with Crippen LogP contribution in [0.15, 0.2) is 42.5 Å². The maximum atomic E-state index is 13.3. The lowest BCUT2D eigenvalue weighted by Gasteiger charge is -2.11. The predicted octanol–water partition coefficient (Wildman–Crippen LogP) is 4.72. The molecule has 0 aliphatic carbocycles. The normalized spacial score (nSPS) is 13.7. The van der Waals surface area contributed by atoms with Gasteiger partial charge in [0.2, 0.25) is 5.95 Å². The molecule has 5 rings (SSSR count). The third kappa shape index (κ3) is 4.05. The Balaban J connectivity index is 1.39. The number of hydrogen-bond acceptors (Lipinski definition) is 6. The number of ether oxygens (including phenoxy) is 3. The summed E-state index contributed by atoms with van der Waals surface area (Å²) >= 11 is 0. The molecule has 180 valence electrons. The monoisotopic (exact) mass is 482 g/mol. The van der Waals surface area contributed by atoms with Crippen LogP contribution in [0.4, 0.5) is 14.7 Å². The number of nitrogens with zero attached hydrogens (tertiary/aromatic N) is 2. The number of fused-ring (bicyclic) bond motifs is 2. The first-order chi connectivity index (χ1) is 16.6. The first-order valence-corrected chi connectivity index (χ1v) is 10.7. The van der Waals surface area contributed by atoms with E-state index < -0.39 is 18.2 Å². The summed E-state index contributed by atoms with van der Waals surface area (Å²) in [5, 5.41) is 2.67. The van der Waals surface area contributed by atoms with E-state index in [2.05, 4.69) is 24.8 Å². The first kappa shape index (κ1) is 22.4. The fraction of sp³-hybridized carbons (Fsp3) is 0.208. The van der Waals surface area contributed by atoms with Gasteiger partial charge in [0.15, 0.2) is 11.5 Å². The van der Waals surface area contributed by atoms with E-state index in [1.54, 1.807) is 38.1 Å². The van der Waals surface area contributed by atoms with Crippen molar-refractivity contribution in [2.75, 3.05) is 11.9 Å². The number of alkyl halides is 2. The van der Waals surface area contributed by atoms with Gasteiger partial charge in [0, 0.05) is 34.8 Å². The molecule has 0 saturated heterocycles. The van der Waals surface area contributed by atoms with Crippen LogP contribution in [0.3, 0.4) is 0 Å². The Morgan fingerprint density at radius 1 is 1.14 bits per heavy atom. The van der Waals surface area contributed by atoms with Crippen LogP contribution in [0.25, 0.3) is 16.7 Å². The van der Waals surface area contributed by atoms with Crippen LogP contribution >= 0.6 is 0 Å². The van der Waals surface area contributed by atoms with Gasteiger partial charge in [-0.15, -0.1) is 8.78 Å². The van der Waals surface area contributed by atoms with Crippen LogP contribution in [0.2, 0.25) is 0 Å². The fourth-order valence-corrected chi connectivity index (χ4v) is 4.05. The van der Waals surface area contributed by atoms with Crippen LogP contribution in [0.5, 0.6) is 11.5 Å². The molecular weight excluding hydrogens is 462 g/mol. The van der Waals surface area contributed by atoms with Gasteiger partial charge in [-0.2, -0.15) is 0 Å². The summed E-state index contributed by atoms with van der Waals surface area (Å²) in [6, 6.07) is 11.3. The highest BCUT2D eigenvalue weighted by atomic mass is 19.3. The number of benzene rings is 2. The summed E-state index contributed by atoms with van der Waals surface area (Å²) in [7, 11) is 0. The number of aromatic nitrogens is 3. The topological polar surface area (TPSA) is 107 Å². The summed E-state index contributed by atoms with van der Waals surface area (Å²) in [6.45, 7) is 5.68. The molecule has 1 aliphatic rings. The van der Waals surface area contributed by atoms with Gasteiger partial charge in [0.25, 0.3) is 5.91 Å². The largest absolute Gasteiger partial charge is 0.586 e. The van der Waals surface area contributed by atoms with E-state index >= 15 is 0 Å². The minimum atomic E-state index is -3.73. The number of amides is 1. The number of nitrogens with one attached hydrogen (secondary N) is 2. The summed E-state index contributed by atoms with van der Waals surface area (Å²) in [6.07, 6.45) is -3.73. The zero-order valence-corrected chi connectivity index (χ0v) is 18.9. The van der Waals surface area contributed by atoms with Gasteiger partial charge < -0.3 is 23.8 Å². The van der Waals surface area contributed by atoms with E-state index in [0.29, 0.717) is 33.5 Å². The maximum absolute atomic E-state index is 13.3. The molecule has 2 aromatic carbocycles. The molecule has 35 heavy (non-hydrogen) atoms. The number of anilines is 1. The van der Waals surface area contributed by atoms with E-state index in [1.807, 2.05) is 17.6 Å².